The molecule has 1 atom stereocenters. The predicted octanol–water partition coefficient (Wildman–Crippen LogP) is 2.52. The van der Waals surface area contributed by atoms with Gasteiger partial charge >= 0.3 is 0 Å². The highest BCUT2D eigenvalue weighted by molar-refractivity contribution is 5.42. The molecule has 0 unspecified atom stereocenters. The highest BCUT2D eigenvalue weighted by Gasteiger charge is 2.25. The summed E-state index contributed by atoms with van der Waals surface area (Å²) in [6.45, 7) is 8.88. The molecule has 0 aliphatic carbocycles. The van der Waals surface area contributed by atoms with E-state index < -0.39 is 0 Å². The molecule has 0 N–H and O–H groups in total. The molecule has 1 aliphatic heterocycles. The first-order valence-electron chi connectivity index (χ1n) is 6.76. The SMILES string of the molecule is CN(C)[C@H]1CCN(c2ccc(C(C)(C)C)cn2)C1. The third-order valence-electron chi connectivity index (χ3n) is 3.83. The van der Waals surface area contributed by atoms with E-state index in [0.717, 1.165) is 18.9 Å². The molecule has 1 saturated heterocycles. The number of hydrogen-bond donors (Lipinski definition) is 0. The van der Waals surface area contributed by atoms with E-state index >= 15 is 0 Å². The van der Waals surface area contributed by atoms with Gasteiger partial charge in [-0.1, -0.05) is 26.8 Å². The molecule has 100 valence electrons. The van der Waals surface area contributed by atoms with Crippen LogP contribution < -0.4 is 4.90 Å². The molecule has 2 heterocycles. The Morgan fingerprint density at radius 1 is 1.28 bits per heavy atom. The van der Waals surface area contributed by atoms with Crippen LogP contribution in [0.5, 0.6) is 0 Å². The minimum absolute atomic E-state index is 0.183. The molecule has 1 fully saturated rings. The van der Waals surface area contributed by atoms with Gasteiger partial charge in [0.15, 0.2) is 0 Å². The van der Waals surface area contributed by atoms with Crippen molar-refractivity contribution in [2.75, 3.05) is 32.1 Å². The van der Waals surface area contributed by atoms with E-state index in [-0.39, 0.29) is 5.41 Å². The zero-order chi connectivity index (χ0) is 13.3. The summed E-state index contributed by atoms with van der Waals surface area (Å²) in [7, 11) is 4.31. The summed E-state index contributed by atoms with van der Waals surface area (Å²) < 4.78 is 0. The van der Waals surface area contributed by atoms with E-state index in [1.807, 2.05) is 6.20 Å². The van der Waals surface area contributed by atoms with E-state index in [4.69, 9.17) is 0 Å². The molecule has 0 saturated carbocycles. The highest BCUT2D eigenvalue weighted by atomic mass is 15.3. The summed E-state index contributed by atoms with van der Waals surface area (Å²) in [6.07, 6.45) is 3.26. The second-order valence-corrected chi connectivity index (χ2v) is 6.51. The van der Waals surface area contributed by atoms with Crippen LogP contribution in [0.1, 0.15) is 32.8 Å². The van der Waals surface area contributed by atoms with Crippen LogP contribution in [0.2, 0.25) is 0 Å². The summed E-state index contributed by atoms with van der Waals surface area (Å²) in [6, 6.07) is 5.04. The van der Waals surface area contributed by atoms with Gasteiger partial charge in [0, 0.05) is 25.3 Å². The van der Waals surface area contributed by atoms with E-state index in [1.54, 1.807) is 0 Å². The van der Waals surface area contributed by atoms with Crippen LogP contribution in [0.4, 0.5) is 5.82 Å². The monoisotopic (exact) mass is 247 g/mol. The highest BCUT2D eigenvalue weighted by Crippen LogP contribution is 2.25. The number of anilines is 1. The first-order valence-corrected chi connectivity index (χ1v) is 6.76. The van der Waals surface area contributed by atoms with Gasteiger partial charge in [-0.3, -0.25) is 0 Å². The van der Waals surface area contributed by atoms with Gasteiger partial charge in [-0.15, -0.1) is 0 Å². The lowest BCUT2D eigenvalue weighted by atomic mass is 9.88. The predicted molar refractivity (Wildman–Crippen MR) is 77.2 cm³/mol. The third-order valence-corrected chi connectivity index (χ3v) is 3.83. The van der Waals surface area contributed by atoms with E-state index in [2.05, 4.69) is 61.8 Å². The molecule has 3 heteroatoms. The fourth-order valence-electron chi connectivity index (χ4n) is 2.39. The summed E-state index contributed by atoms with van der Waals surface area (Å²) in [5.74, 6) is 1.12. The van der Waals surface area contributed by atoms with Crippen molar-refractivity contribution in [3.63, 3.8) is 0 Å². The summed E-state index contributed by atoms with van der Waals surface area (Å²) in [5.41, 5.74) is 1.48. The third kappa shape index (κ3) is 2.83. The van der Waals surface area contributed by atoms with Crippen LogP contribution in [-0.2, 0) is 5.41 Å². The Balaban J connectivity index is 2.07. The molecule has 0 spiro atoms. The molecular weight excluding hydrogens is 222 g/mol. The van der Waals surface area contributed by atoms with Crippen LogP contribution in [0.15, 0.2) is 18.3 Å². The average Bonchev–Trinajstić information content (AvgIpc) is 2.77. The molecule has 0 amide bonds. The lowest BCUT2D eigenvalue weighted by Crippen LogP contribution is -2.31. The largest absolute Gasteiger partial charge is 0.355 e. The Hall–Kier alpha value is -1.09. The van der Waals surface area contributed by atoms with Crippen LogP contribution in [0, 0.1) is 0 Å². The maximum atomic E-state index is 4.63. The minimum Gasteiger partial charge on any atom is -0.355 e. The topological polar surface area (TPSA) is 19.4 Å². The van der Waals surface area contributed by atoms with Crippen molar-refractivity contribution in [1.82, 2.24) is 9.88 Å². The standard InChI is InChI=1S/C15H25N3/c1-15(2,3)12-6-7-14(16-10-12)18-9-8-13(11-18)17(4)5/h6-7,10,13H,8-9,11H2,1-5H3/t13-/m0/s1. The van der Waals surface area contributed by atoms with Crippen LogP contribution in [0.3, 0.4) is 0 Å². The number of pyridine rings is 1. The van der Waals surface area contributed by atoms with Gasteiger partial charge in [-0.05, 0) is 37.6 Å². The Morgan fingerprint density at radius 2 is 2.00 bits per heavy atom. The minimum atomic E-state index is 0.183. The maximum absolute atomic E-state index is 4.63. The van der Waals surface area contributed by atoms with E-state index in [0.29, 0.717) is 6.04 Å². The lowest BCUT2D eigenvalue weighted by Gasteiger charge is -2.23. The van der Waals surface area contributed by atoms with Gasteiger partial charge in [0.25, 0.3) is 0 Å². The van der Waals surface area contributed by atoms with Gasteiger partial charge in [0.05, 0.1) is 0 Å². The molecular formula is C15H25N3. The molecule has 18 heavy (non-hydrogen) atoms. The first-order chi connectivity index (χ1) is 8.38. The van der Waals surface area contributed by atoms with Gasteiger partial charge in [0.1, 0.15) is 5.82 Å². The van der Waals surface area contributed by atoms with Crippen molar-refractivity contribution in [1.29, 1.82) is 0 Å². The molecule has 2 rings (SSSR count). The van der Waals surface area contributed by atoms with Crippen molar-refractivity contribution in [2.24, 2.45) is 0 Å². The van der Waals surface area contributed by atoms with Gasteiger partial charge < -0.3 is 9.80 Å². The van der Waals surface area contributed by atoms with Crippen LogP contribution in [0.25, 0.3) is 0 Å². The van der Waals surface area contributed by atoms with E-state index in [1.165, 1.54) is 12.0 Å². The number of likely N-dealkylation sites (N-methyl/N-ethyl adjacent to an activating group) is 1. The zero-order valence-corrected chi connectivity index (χ0v) is 12.3. The molecule has 3 nitrogen and oxygen atoms in total. The lowest BCUT2D eigenvalue weighted by molar-refractivity contribution is 0.315. The van der Waals surface area contributed by atoms with Gasteiger partial charge in [-0.2, -0.15) is 0 Å². The van der Waals surface area contributed by atoms with Crippen molar-refractivity contribution >= 4 is 5.82 Å². The normalized spacial score (nSPS) is 20.8. The smallest absolute Gasteiger partial charge is 0.128 e. The molecule has 0 aromatic carbocycles. The van der Waals surface area contributed by atoms with Gasteiger partial charge in [0.2, 0.25) is 0 Å². The molecule has 0 radical (unpaired) electrons. The maximum Gasteiger partial charge on any atom is 0.128 e. The molecule has 1 aromatic heterocycles. The quantitative estimate of drug-likeness (QED) is 0.800. The number of nitrogens with zero attached hydrogens (tertiary/aromatic N) is 3. The second kappa shape index (κ2) is 4.88. The van der Waals surface area contributed by atoms with Crippen molar-refractivity contribution in [3.05, 3.63) is 23.9 Å². The van der Waals surface area contributed by atoms with Crippen LogP contribution >= 0.6 is 0 Å². The summed E-state index contributed by atoms with van der Waals surface area (Å²) in [5, 5.41) is 0. The number of hydrogen-bond acceptors (Lipinski definition) is 3. The number of rotatable bonds is 2. The summed E-state index contributed by atoms with van der Waals surface area (Å²) in [4.78, 5) is 9.32. The Labute approximate surface area is 111 Å². The second-order valence-electron chi connectivity index (χ2n) is 6.51. The Kier molecular flexibility index (Phi) is 3.62. The average molecular weight is 247 g/mol. The van der Waals surface area contributed by atoms with Crippen molar-refractivity contribution in [2.45, 2.75) is 38.6 Å². The summed E-state index contributed by atoms with van der Waals surface area (Å²) >= 11 is 0. The van der Waals surface area contributed by atoms with Crippen molar-refractivity contribution < 1.29 is 0 Å². The number of aromatic nitrogens is 1. The fraction of sp³-hybridized carbons (Fsp3) is 0.667. The molecule has 1 aromatic rings. The fourth-order valence-corrected chi connectivity index (χ4v) is 2.39. The Bertz CT molecular complexity index is 389. The molecule has 1 aliphatic rings. The van der Waals surface area contributed by atoms with E-state index in [9.17, 15) is 0 Å². The Morgan fingerprint density at radius 3 is 2.44 bits per heavy atom. The zero-order valence-electron chi connectivity index (χ0n) is 12.3. The van der Waals surface area contributed by atoms with Crippen molar-refractivity contribution in [3.8, 4) is 0 Å². The van der Waals surface area contributed by atoms with Gasteiger partial charge in [-0.25, -0.2) is 4.98 Å². The first kappa shape index (κ1) is 13.3. The van der Waals surface area contributed by atoms with Crippen LogP contribution in [-0.4, -0.2) is 43.1 Å². The molecule has 0 bridgehead atoms.